The van der Waals surface area contributed by atoms with Gasteiger partial charge in [0.05, 0.1) is 11.7 Å². The minimum Gasteiger partial charge on any atom is -0.545 e. The van der Waals surface area contributed by atoms with E-state index in [1.807, 2.05) is 0 Å². The van der Waals surface area contributed by atoms with Crippen LogP contribution in [0.25, 0.3) is 0 Å². The van der Waals surface area contributed by atoms with Gasteiger partial charge in [-0.1, -0.05) is 18.2 Å². The van der Waals surface area contributed by atoms with Crippen molar-refractivity contribution in [2.24, 2.45) is 0 Å². The molecule has 5 nitrogen and oxygen atoms in total. The van der Waals surface area contributed by atoms with Crippen molar-refractivity contribution in [3.8, 4) is 0 Å². The number of carbonyl (C=O) groups is 3. The van der Waals surface area contributed by atoms with Crippen LogP contribution in [0.3, 0.4) is 0 Å². The molecule has 1 aliphatic heterocycles. The summed E-state index contributed by atoms with van der Waals surface area (Å²) in [4.78, 5) is 34.6. The zero-order valence-corrected chi connectivity index (χ0v) is 8.30. The van der Waals surface area contributed by atoms with Crippen LogP contribution in [0.15, 0.2) is 24.3 Å². The second-order valence-corrected chi connectivity index (χ2v) is 3.43. The van der Waals surface area contributed by atoms with Crippen LogP contribution in [0, 0.1) is 0 Å². The molecule has 0 unspecified atom stereocenters. The lowest BCUT2D eigenvalue weighted by molar-refractivity contribution is -0.254. The molecule has 0 N–H and O–H groups in total. The quantitative estimate of drug-likeness (QED) is 0.639. The summed E-state index contributed by atoms with van der Waals surface area (Å²) in [5.74, 6) is -2.15. The number of imide groups is 1. The lowest BCUT2D eigenvalue weighted by atomic mass is 10.1. The molecule has 2 rings (SSSR count). The highest BCUT2D eigenvalue weighted by atomic mass is 16.4. The zero-order chi connectivity index (χ0) is 11.7. The Balaban J connectivity index is 2.51. The number of aromatic carboxylic acids is 1. The van der Waals surface area contributed by atoms with Gasteiger partial charge in [0, 0.05) is 18.4 Å². The number of hydrogen-bond acceptors (Lipinski definition) is 4. The van der Waals surface area contributed by atoms with E-state index in [1.54, 1.807) is 6.07 Å². The van der Waals surface area contributed by atoms with Crippen LogP contribution in [0.5, 0.6) is 0 Å². The minimum absolute atomic E-state index is 0.0926. The van der Waals surface area contributed by atoms with Crippen LogP contribution in [-0.4, -0.2) is 17.8 Å². The van der Waals surface area contributed by atoms with Gasteiger partial charge < -0.3 is 9.90 Å². The van der Waals surface area contributed by atoms with E-state index >= 15 is 0 Å². The normalized spacial score (nSPS) is 15.6. The van der Waals surface area contributed by atoms with Crippen molar-refractivity contribution in [2.75, 3.05) is 4.90 Å². The summed E-state index contributed by atoms with van der Waals surface area (Å²) in [7, 11) is 0. The number of amides is 2. The summed E-state index contributed by atoms with van der Waals surface area (Å²) in [5.41, 5.74) is -0.0545. The molecule has 16 heavy (non-hydrogen) atoms. The molecular formula is C11H8NO4-. The molecule has 0 radical (unpaired) electrons. The minimum atomic E-state index is -1.40. The van der Waals surface area contributed by atoms with E-state index in [9.17, 15) is 19.5 Å². The molecule has 0 spiro atoms. The van der Waals surface area contributed by atoms with Gasteiger partial charge in [-0.2, -0.15) is 0 Å². The number of benzene rings is 1. The van der Waals surface area contributed by atoms with E-state index in [2.05, 4.69) is 0 Å². The van der Waals surface area contributed by atoms with Gasteiger partial charge >= 0.3 is 0 Å². The molecule has 1 aliphatic rings. The molecule has 1 heterocycles. The maximum atomic E-state index is 11.5. The Hall–Kier alpha value is -2.17. The Kier molecular flexibility index (Phi) is 2.44. The summed E-state index contributed by atoms with van der Waals surface area (Å²) in [6.45, 7) is 0. The third-order valence-corrected chi connectivity index (χ3v) is 2.42. The first-order valence-corrected chi connectivity index (χ1v) is 4.77. The molecule has 2 amide bonds. The molecule has 1 saturated heterocycles. The SMILES string of the molecule is O=C([O-])c1ccccc1N1C(=O)CCC1=O. The van der Waals surface area contributed by atoms with Crippen LogP contribution in [0.4, 0.5) is 5.69 Å². The molecule has 5 heteroatoms. The Morgan fingerprint density at radius 3 is 2.25 bits per heavy atom. The van der Waals surface area contributed by atoms with Gasteiger partial charge in [-0.25, -0.2) is 4.90 Å². The monoisotopic (exact) mass is 218 g/mol. The standard InChI is InChI=1S/C11H9NO4/c13-9-5-6-10(14)12(9)8-4-2-1-3-7(8)11(15)16/h1-4H,5-6H2,(H,15,16)/p-1. The van der Waals surface area contributed by atoms with Gasteiger partial charge in [-0.3, -0.25) is 9.59 Å². The second-order valence-electron chi connectivity index (χ2n) is 3.43. The van der Waals surface area contributed by atoms with E-state index in [1.165, 1.54) is 18.2 Å². The molecule has 1 aromatic carbocycles. The van der Waals surface area contributed by atoms with E-state index < -0.39 is 5.97 Å². The molecule has 0 saturated carbocycles. The summed E-state index contributed by atoms with van der Waals surface area (Å²) in [5, 5.41) is 10.8. The predicted molar refractivity (Wildman–Crippen MR) is 52.5 cm³/mol. The van der Waals surface area contributed by atoms with Crippen molar-refractivity contribution in [2.45, 2.75) is 12.8 Å². The van der Waals surface area contributed by atoms with Crippen LogP contribution < -0.4 is 10.0 Å². The Morgan fingerprint density at radius 1 is 1.12 bits per heavy atom. The number of nitrogens with zero attached hydrogens (tertiary/aromatic N) is 1. The molecule has 82 valence electrons. The number of carbonyl (C=O) groups excluding carboxylic acids is 3. The lowest BCUT2D eigenvalue weighted by Gasteiger charge is -2.18. The fourth-order valence-corrected chi connectivity index (χ4v) is 1.69. The van der Waals surface area contributed by atoms with Crippen molar-refractivity contribution >= 4 is 23.5 Å². The Morgan fingerprint density at radius 2 is 1.69 bits per heavy atom. The molecule has 0 aliphatic carbocycles. The second kappa shape index (κ2) is 3.77. The summed E-state index contributed by atoms with van der Waals surface area (Å²) in [6.07, 6.45) is 0.250. The van der Waals surface area contributed by atoms with Crippen LogP contribution in [0.2, 0.25) is 0 Å². The maximum absolute atomic E-state index is 11.5. The van der Waals surface area contributed by atoms with Gasteiger partial charge in [-0.15, -0.1) is 0 Å². The smallest absolute Gasteiger partial charge is 0.234 e. The largest absolute Gasteiger partial charge is 0.545 e. The first-order valence-electron chi connectivity index (χ1n) is 4.77. The van der Waals surface area contributed by atoms with Crippen molar-refractivity contribution in [1.29, 1.82) is 0 Å². The molecule has 0 aromatic heterocycles. The Bertz CT molecular complexity index is 465. The Labute approximate surface area is 91.3 Å². The van der Waals surface area contributed by atoms with Gasteiger partial charge in [0.25, 0.3) is 0 Å². The number of carboxylic acids is 1. The topological polar surface area (TPSA) is 77.5 Å². The first-order chi connectivity index (χ1) is 7.61. The summed E-state index contributed by atoms with van der Waals surface area (Å²) < 4.78 is 0. The fraction of sp³-hybridized carbons (Fsp3) is 0.182. The third-order valence-electron chi connectivity index (χ3n) is 2.42. The average Bonchev–Trinajstić information content (AvgIpc) is 2.58. The third kappa shape index (κ3) is 1.56. The van der Waals surface area contributed by atoms with E-state index in [4.69, 9.17) is 0 Å². The van der Waals surface area contributed by atoms with E-state index in [-0.39, 0.29) is 35.9 Å². The van der Waals surface area contributed by atoms with Crippen molar-refractivity contribution < 1.29 is 19.5 Å². The molecule has 1 aromatic rings. The predicted octanol–water partition coefficient (Wildman–Crippen LogP) is -0.297. The number of rotatable bonds is 2. The molecular weight excluding hydrogens is 210 g/mol. The summed E-state index contributed by atoms with van der Waals surface area (Å²) >= 11 is 0. The lowest BCUT2D eigenvalue weighted by Crippen LogP contribution is -2.32. The highest BCUT2D eigenvalue weighted by Gasteiger charge is 2.31. The molecule has 0 atom stereocenters. The zero-order valence-electron chi connectivity index (χ0n) is 8.30. The summed E-state index contributed by atoms with van der Waals surface area (Å²) in [6, 6.07) is 5.82. The van der Waals surface area contributed by atoms with Crippen molar-refractivity contribution in [3.05, 3.63) is 29.8 Å². The number of para-hydroxylation sites is 1. The first kappa shape index (κ1) is 10.4. The maximum Gasteiger partial charge on any atom is 0.234 e. The molecule has 1 fully saturated rings. The van der Waals surface area contributed by atoms with Crippen LogP contribution >= 0.6 is 0 Å². The van der Waals surface area contributed by atoms with Gasteiger partial charge in [0.1, 0.15) is 0 Å². The van der Waals surface area contributed by atoms with Crippen LogP contribution in [0.1, 0.15) is 23.2 Å². The van der Waals surface area contributed by atoms with Gasteiger partial charge in [0.2, 0.25) is 11.8 Å². The van der Waals surface area contributed by atoms with Crippen LogP contribution in [-0.2, 0) is 9.59 Å². The highest BCUT2D eigenvalue weighted by molar-refractivity contribution is 6.21. The molecule has 0 bridgehead atoms. The average molecular weight is 218 g/mol. The number of hydrogen-bond donors (Lipinski definition) is 0. The fourth-order valence-electron chi connectivity index (χ4n) is 1.69. The van der Waals surface area contributed by atoms with Gasteiger partial charge in [0.15, 0.2) is 0 Å². The van der Waals surface area contributed by atoms with Crippen molar-refractivity contribution in [3.63, 3.8) is 0 Å². The van der Waals surface area contributed by atoms with Crippen molar-refractivity contribution in [1.82, 2.24) is 0 Å². The van der Waals surface area contributed by atoms with E-state index in [0.717, 1.165) is 4.90 Å². The highest BCUT2D eigenvalue weighted by Crippen LogP contribution is 2.25. The van der Waals surface area contributed by atoms with Gasteiger partial charge in [-0.05, 0) is 6.07 Å². The van der Waals surface area contributed by atoms with E-state index in [0.29, 0.717) is 0 Å². The number of carboxylic acid groups (broad SMARTS) is 1. The number of anilines is 1.